The van der Waals surface area contributed by atoms with Crippen molar-refractivity contribution in [1.29, 1.82) is 0 Å². The van der Waals surface area contributed by atoms with E-state index in [9.17, 15) is 9.59 Å². The largest absolute Gasteiger partial charge is 0.478 e. The smallest absolute Gasteiger partial charge is 0.331 e. The van der Waals surface area contributed by atoms with E-state index in [0.717, 1.165) is 0 Å². The van der Waals surface area contributed by atoms with Crippen molar-refractivity contribution in [3.8, 4) is 0 Å². The molecule has 0 aliphatic rings. The van der Waals surface area contributed by atoms with E-state index < -0.39 is 11.9 Å². The average molecular weight is 184 g/mol. The molecule has 0 spiro atoms. The Labute approximate surface area is 76.5 Å². The van der Waals surface area contributed by atoms with E-state index in [4.69, 9.17) is 5.11 Å². The molecule has 1 N–H and O–H groups in total. The summed E-state index contributed by atoms with van der Waals surface area (Å²) in [5.41, 5.74) is 0.0337. The van der Waals surface area contributed by atoms with Crippen LogP contribution in [0.2, 0.25) is 0 Å². The zero-order chi connectivity index (χ0) is 10.3. The zero-order valence-electron chi connectivity index (χ0n) is 7.28. The Kier molecular flexibility index (Phi) is 5.27. The van der Waals surface area contributed by atoms with Crippen molar-refractivity contribution in [2.45, 2.75) is 12.8 Å². The third-order valence-electron chi connectivity index (χ3n) is 1.28. The minimum atomic E-state index is -1.07. The molecule has 4 nitrogen and oxygen atoms in total. The van der Waals surface area contributed by atoms with Crippen molar-refractivity contribution in [3.63, 3.8) is 0 Å². The van der Waals surface area contributed by atoms with Gasteiger partial charge >= 0.3 is 11.9 Å². The van der Waals surface area contributed by atoms with Gasteiger partial charge in [-0.25, -0.2) is 4.79 Å². The summed E-state index contributed by atoms with van der Waals surface area (Å²) < 4.78 is 4.67. The predicted molar refractivity (Wildman–Crippen MR) is 47.2 cm³/mol. The van der Waals surface area contributed by atoms with Crippen LogP contribution in [0.4, 0.5) is 0 Å². The van der Waals surface area contributed by atoms with Crippen molar-refractivity contribution in [1.82, 2.24) is 0 Å². The van der Waals surface area contributed by atoms with Crippen LogP contribution in [0.1, 0.15) is 12.8 Å². The molecule has 0 aromatic carbocycles. The topological polar surface area (TPSA) is 63.6 Å². The molecule has 0 unspecified atom stereocenters. The maximum absolute atomic E-state index is 10.7. The van der Waals surface area contributed by atoms with Crippen LogP contribution in [0.15, 0.2) is 24.8 Å². The second kappa shape index (κ2) is 5.99. The molecule has 0 radical (unpaired) electrons. The molecule has 0 heterocycles. The molecule has 0 aliphatic heterocycles. The highest BCUT2D eigenvalue weighted by Crippen LogP contribution is 1.98. The predicted octanol–water partition coefficient (Wildman–Crippen LogP) is 1.14. The van der Waals surface area contributed by atoms with Gasteiger partial charge in [0, 0.05) is 12.0 Å². The lowest BCUT2D eigenvalue weighted by molar-refractivity contribution is -0.143. The highest BCUT2D eigenvalue weighted by molar-refractivity contribution is 5.85. The van der Waals surface area contributed by atoms with Crippen molar-refractivity contribution < 1.29 is 19.4 Å². The monoisotopic (exact) mass is 184 g/mol. The van der Waals surface area contributed by atoms with E-state index in [1.54, 1.807) is 0 Å². The van der Waals surface area contributed by atoms with Crippen LogP contribution in [0.3, 0.4) is 0 Å². The summed E-state index contributed by atoms with van der Waals surface area (Å²) in [6.07, 6.45) is 1.71. The number of esters is 1. The fourth-order valence-corrected chi connectivity index (χ4v) is 0.572. The van der Waals surface area contributed by atoms with Gasteiger partial charge < -0.3 is 9.84 Å². The highest BCUT2D eigenvalue weighted by atomic mass is 16.5. The van der Waals surface area contributed by atoms with Crippen molar-refractivity contribution in [2.24, 2.45) is 0 Å². The molecule has 0 aromatic rings. The lowest BCUT2D eigenvalue weighted by atomic mass is 10.2. The third kappa shape index (κ3) is 5.66. The van der Waals surface area contributed by atoms with E-state index in [0.29, 0.717) is 0 Å². The number of hydrogen-bond donors (Lipinski definition) is 1. The summed E-state index contributed by atoms with van der Waals surface area (Å²) in [5, 5.41) is 8.39. The van der Waals surface area contributed by atoms with E-state index in [-0.39, 0.29) is 25.0 Å². The standard InChI is InChI=1S/C9H12O4/c1-3-4-8(10)13-6-5-7(2)9(11)12/h3H,1-2,4-6H2,(H,11,12). The first-order valence-corrected chi connectivity index (χ1v) is 3.75. The Hall–Kier alpha value is -1.58. The lowest BCUT2D eigenvalue weighted by Crippen LogP contribution is -2.07. The SMILES string of the molecule is C=CCC(=O)OCCC(=C)C(=O)O. The summed E-state index contributed by atoms with van der Waals surface area (Å²) in [4.78, 5) is 21.0. The summed E-state index contributed by atoms with van der Waals surface area (Å²) in [6, 6.07) is 0. The number of ether oxygens (including phenoxy) is 1. The molecule has 0 aromatic heterocycles. The number of carboxylic acids is 1. The van der Waals surface area contributed by atoms with Crippen molar-refractivity contribution in [2.75, 3.05) is 6.61 Å². The molecule has 0 rings (SSSR count). The Morgan fingerprint density at radius 2 is 2.08 bits per heavy atom. The maximum Gasteiger partial charge on any atom is 0.331 e. The Balaban J connectivity index is 3.56. The number of carbonyl (C=O) groups excluding carboxylic acids is 1. The van der Waals surface area contributed by atoms with Crippen LogP contribution in [0.25, 0.3) is 0 Å². The van der Waals surface area contributed by atoms with Crippen LogP contribution in [-0.2, 0) is 14.3 Å². The summed E-state index contributed by atoms with van der Waals surface area (Å²) in [6.45, 7) is 6.70. The van der Waals surface area contributed by atoms with Gasteiger partial charge in [0.05, 0.1) is 13.0 Å². The fraction of sp³-hybridized carbons (Fsp3) is 0.333. The summed E-state index contributed by atoms with van der Waals surface area (Å²) in [5.74, 6) is -1.48. The van der Waals surface area contributed by atoms with Gasteiger partial charge in [-0.3, -0.25) is 4.79 Å². The second-order valence-electron chi connectivity index (χ2n) is 2.37. The van der Waals surface area contributed by atoms with Crippen LogP contribution in [0.5, 0.6) is 0 Å². The normalized spacial score (nSPS) is 8.92. The van der Waals surface area contributed by atoms with Crippen LogP contribution < -0.4 is 0 Å². The van der Waals surface area contributed by atoms with E-state index in [1.807, 2.05) is 0 Å². The molecule has 0 bridgehead atoms. The van der Waals surface area contributed by atoms with Crippen LogP contribution in [0, 0.1) is 0 Å². The molecule has 72 valence electrons. The first kappa shape index (κ1) is 11.4. The van der Waals surface area contributed by atoms with Gasteiger partial charge in [0.2, 0.25) is 0 Å². The van der Waals surface area contributed by atoms with Crippen molar-refractivity contribution >= 4 is 11.9 Å². The first-order valence-electron chi connectivity index (χ1n) is 3.75. The van der Waals surface area contributed by atoms with E-state index >= 15 is 0 Å². The number of carbonyl (C=O) groups is 2. The quantitative estimate of drug-likeness (QED) is 0.382. The molecular weight excluding hydrogens is 172 g/mol. The van der Waals surface area contributed by atoms with Gasteiger partial charge in [-0.2, -0.15) is 0 Å². The highest BCUT2D eigenvalue weighted by Gasteiger charge is 2.05. The molecule has 0 amide bonds. The van der Waals surface area contributed by atoms with Crippen molar-refractivity contribution in [3.05, 3.63) is 24.8 Å². The van der Waals surface area contributed by atoms with Gasteiger partial charge in [-0.15, -0.1) is 6.58 Å². The van der Waals surface area contributed by atoms with Gasteiger partial charge in [0.25, 0.3) is 0 Å². The minimum Gasteiger partial charge on any atom is -0.478 e. The number of rotatable bonds is 6. The molecule has 0 fully saturated rings. The molecule has 4 heteroatoms. The Bertz CT molecular complexity index is 230. The van der Waals surface area contributed by atoms with Crippen LogP contribution in [-0.4, -0.2) is 23.7 Å². The summed E-state index contributed by atoms with van der Waals surface area (Å²) in [7, 11) is 0. The molecular formula is C9H12O4. The minimum absolute atomic E-state index is 0.0337. The maximum atomic E-state index is 10.7. The van der Waals surface area contributed by atoms with Gasteiger partial charge in [0.15, 0.2) is 0 Å². The zero-order valence-corrected chi connectivity index (χ0v) is 7.28. The molecule has 0 aliphatic carbocycles. The Morgan fingerprint density at radius 1 is 1.46 bits per heavy atom. The van der Waals surface area contributed by atoms with E-state index in [1.165, 1.54) is 6.08 Å². The molecule has 0 saturated heterocycles. The third-order valence-corrected chi connectivity index (χ3v) is 1.28. The lowest BCUT2D eigenvalue weighted by Gasteiger charge is -2.02. The fourth-order valence-electron chi connectivity index (χ4n) is 0.572. The summed E-state index contributed by atoms with van der Waals surface area (Å²) >= 11 is 0. The second-order valence-corrected chi connectivity index (χ2v) is 2.37. The molecule has 0 saturated carbocycles. The number of aliphatic carboxylic acids is 1. The van der Waals surface area contributed by atoms with Gasteiger partial charge in [0.1, 0.15) is 0 Å². The number of carboxylic acid groups (broad SMARTS) is 1. The van der Waals surface area contributed by atoms with E-state index in [2.05, 4.69) is 17.9 Å². The van der Waals surface area contributed by atoms with Gasteiger partial charge in [-0.05, 0) is 0 Å². The Morgan fingerprint density at radius 3 is 2.54 bits per heavy atom. The average Bonchev–Trinajstić information content (AvgIpc) is 2.04. The molecule has 13 heavy (non-hydrogen) atoms. The van der Waals surface area contributed by atoms with Crippen LogP contribution >= 0.6 is 0 Å². The number of hydrogen-bond acceptors (Lipinski definition) is 3. The van der Waals surface area contributed by atoms with Gasteiger partial charge in [-0.1, -0.05) is 12.7 Å². The first-order chi connectivity index (χ1) is 6.07. The molecule has 0 atom stereocenters.